The van der Waals surface area contributed by atoms with Gasteiger partial charge in [0, 0.05) is 22.0 Å². The van der Waals surface area contributed by atoms with Crippen LogP contribution in [0.1, 0.15) is 50.0 Å². The quantitative estimate of drug-likeness (QED) is 0.220. The Hall–Kier alpha value is -4.56. The fraction of sp³-hybridized carbons (Fsp3) is 0.176. The highest BCUT2D eigenvalue weighted by atomic mass is 79.9. The number of hydrogen-bond donors (Lipinski definition) is 1. The molecule has 1 heterocycles. The lowest BCUT2D eigenvalue weighted by molar-refractivity contribution is -0.122. The van der Waals surface area contributed by atoms with E-state index in [9.17, 15) is 19.2 Å². The maximum absolute atomic E-state index is 14.0. The standard InChI is InChI=1S/C34H25BrN2O5/c1-18-15-20(13-14-26(18)35)36-27(38)17-42-34(41)19-7-6-8-21(16-19)37-32(39)30-28-22-9-2-3-10-23(22)29(31(30)33(37)40)25-12-5-4-11-24(25)28/h2-16,28-31H,17H2,1H3,(H,36,38)/t28?,29?,30-,31+. The molecule has 1 saturated heterocycles. The molecule has 0 unspecified atom stereocenters. The number of ether oxygens (including phenoxy) is 1. The Morgan fingerprint density at radius 2 is 1.36 bits per heavy atom. The number of rotatable bonds is 5. The zero-order chi connectivity index (χ0) is 29.1. The monoisotopic (exact) mass is 620 g/mol. The highest BCUT2D eigenvalue weighted by Crippen LogP contribution is 2.61. The zero-order valence-electron chi connectivity index (χ0n) is 22.5. The third kappa shape index (κ3) is 4.09. The van der Waals surface area contributed by atoms with Gasteiger partial charge in [0.25, 0.3) is 5.91 Å². The highest BCUT2D eigenvalue weighted by molar-refractivity contribution is 9.10. The molecule has 208 valence electrons. The summed E-state index contributed by atoms with van der Waals surface area (Å²) >= 11 is 3.42. The van der Waals surface area contributed by atoms with Gasteiger partial charge in [0.05, 0.1) is 23.1 Å². The molecule has 4 aromatic rings. The summed E-state index contributed by atoms with van der Waals surface area (Å²) < 4.78 is 6.18. The number of carbonyl (C=O) groups is 4. The molecule has 42 heavy (non-hydrogen) atoms. The molecule has 2 atom stereocenters. The third-order valence-corrected chi connectivity index (χ3v) is 9.45. The van der Waals surface area contributed by atoms with Gasteiger partial charge in [0.1, 0.15) is 0 Å². The Morgan fingerprint density at radius 1 is 0.786 bits per heavy atom. The third-order valence-electron chi connectivity index (χ3n) is 8.56. The van der Waals surface area contributed by atoms with E-state index in [1.165, 1.54) is 17.0 Å². The molecule has 0 aromatic heterocycles. The smallest absolute Gasteiger partial charge is 0.338 e. The van der Waals surface area contributed by atoms with Gasteiger partial charge in [-0.15, -0.1) is 0 Å². The van der Waals surface area contributed by atoms with Crippen LogP contribution in [0.3, 0.4) is 0 Å². The van der Waals surface area contributed by atoms with Gasteiger partial charge in [-0.1, -0.05) is 70.5 Å². The fourth-order valence-corrected chi connectivity index (χ4v) is 7.08. The molecular weight excluding hydrogens is 596 g/mol. The van der Waals surface area contributed by atoms with Crippen LogP contribution in [0.4, 0.5) is 11.4 Å². The van der Waals surface area contributed by atoms with Crippen LogP contribution in [0.2, 0.25) is 0 Å². The lowest BCUT2D eigenvalue weighted by Crippen LogP contribution is -2.41. The first kappa shape index (κ1) is 26.3. The minimum Gasteiger partial charge on any atom is -0.452 e. The number of amides is 3. The molecule has 4 aromatic carbocycles. The molecule has 8 rings (SSSR count). The Balaban J connectivity index is 1.12. The average molecular weight is 621 g/mol. The number of halogens is 1. The lowest BCUT2D eigenvalue weighted by Gasteiger charge is -2.45. The number of benzene rings is 4. The van der Waals surface area contributed by atoms with Gasteiger partial charge in [-0.25, -0.2) is 9.69 Å². The molecule has 0 spiro atoms. The van der Waals surface area contributed by atoms with Gasteiger partial charge in [-0.3, -0.25) is 14.4 Å². The molecule has 4 aliphatic rings. The molecule has 1 aliphatic heterocycles. The van der Waals surface area contributed by atoms with Crippen LogP contribution < -0.4 is 10.2 Å². The maximum atomic E-state index is 14.0. The van der Waals surface area contributed by atoms with Crippen molar-refractivity contribution in [1.29, 1.82) is 0 Å². The molecule has 3 amide bonds. The minimum absolute atomic E-state index is 0.143. The van der Waals surface area contributed by atoms with Crippen molar-refractivity contribution >= 4 is 51.0 Å². The number of nitrogens with one attached hydrogen (secondary N) is 1. The Morgan fingerprint density at radius 3 is 1.90 bits per heavy atom. The number of imide groups is 1. The van der Waals surface area contributed by atoms with E-state index >= 15 is 0 Å². The van der Waals surface area contributed by atoms with E-state index in [1.54, 1.807) is 24.3 Å². The van der Waals surface area contributed by atoms with E-state index < -0.39 is 30.3 Å². The molecule has 3 aliphatic carbocycles. The van der Waals surface area contributed by atoms with Crippen molar-refractivity contribution in [2.45, 2.75) is 18.8 Å². The molecule has 1 fully saturated rings. The van der Waals surface area contributed by atoms with Crippen molar-refractivity contribution in [3.63, 3.8) is 0 Å². The van der Waals surface area contributed by atoms with Crippen molar-refractivity contribution in [1.82, 2.24) is 0 Å². The van der Waals surface area contributed by atoms with Gasteiger partial charge < -0.3 is 10.1 Å². The summed E-state index contributed by atoms with van der Waals surface area (Å²) in [7, 11) is 0. The Labute approximate surface area is 250 Å². The van der Waals surface area contributed by atoms with Gasteiger partial charge in [0.2, 0.25) is 11.8 Å². The first-order chi connectivity index (χ1) is 20.3. The summed E-state index contributed by atoms with van der Waals surface area (Å²) in [5.41, 5.74) is 6.39. The van der Waals surface area contributed by atoms with Crippen LogP contribution in [0.15, 0.2) is 95.5 Å². The predicted molar refractivity (Wildman–Crippen MR) is 160 cm³/mol. The summed E-state index contributed by atoms with van der Waals surface area (Å²) in [4.78, 5) is 54.5. The van der Waals surface area contributed by atoms with Crippen molar-refractivity contribution < 1.29 is 23.9 Å². The fourth-order valence-electron chi connectivity index (χ4n) is 6.84. The normalized spacial score (nSPS) is 21.4. The van der Waals surface area contributed by atoms with Crippen molar-refractivity contribution in [3.8, 4) is 0 Å². The second kappa shape index (κ2) is 10.1. The van der Waals surface area contributed by atoms with E-state index in [2.05, 4.69) is 45.5 Å². The second-order valence-electron chi connectivity index (χ2n) is 10.9. The van der Waals surface area contributed by atoms with E-state index in [-0.39, 0.29) is 29.2 Å². The second-order valence-corrected chi connectivity index (χ2v) is 11.8. The van der Waals surface area contributed by atoms with Crippen LogP contribution >= 0.6 is 15.9 Å². The number of carbonyl (C=O) groups excluding carboxylic acids is 4. The largest absolute Gasteiger partial charge is 0.452 e. The number of anilines is 2. The maximum Gasteiger partial charge on any atom is 0.338 e. The summed E-state index contributed by atoms with van der Waals surface area (Å²) in [5.74, 6) is -3.20. The summed E-state index contributed by atoms with van der Waals surface area (Å²) in [6.45, 7) is 1.42. The van der Waals surface area contributed by atoms with Gasteiger partial charge >= 0.3 is 5.97 Å². The van der Waals surface area contributed by atoms with Crippen LogP contribution in [0.25, 0.3) is 0 Å². The highest BCUT2D eigenvalue weighted by Gasteiger charge is 2.61. The first-order valence-electron chi connectivity index (χ1n) is 13.7. The Kier molecular flexibility index (Phi) is 6.31. The number of esters is 1. The molecule has 8 heteroatoms. The summed E-state index contributed by atoms with van der Waals surface area (Å²) in [5, 5.41) is 2.71. The van der Waals surface area contributed by atoms with Crippen LogP contribution in [-0.2, 0) is 19.1 Å². The lowest BCUT2D eigenvalue weighted by atomic mass is 9.55. The zero-order valence-corrected chi connectivity index (χ0v) is 24.1. The van der Waals surface area contributed by atoms with E-state index in [0.29, 0.717) is 11.4 Å². The summed E-state index contributed by atoms with van der Waals surface area (Å²) in [6, 6.07) is 27.8. The van der Waals surface area contributed by atoms with Crippen LogP contribution in [-0.4, -0.2) is 30.3 Å². The first-order valence-corrected chi connectivity index (χ1v) is 14.5. The van der Waals surface area contributed by atoms with E-state index in [1.807, 2.05) is 37.3 Å². The number of nitrogens with zero attached hydrogens (tertiary/aromatic N) is 1. The molecular formula is C34H25BrN2O5. The molecule has 7 nitrogen and oxygen atoms in total. The van der Waals surface area contributed by atoms with Crippen molar-refractivity contribution in [2.24, 2.45) is 11.8 Å². The van der Waals surface area contributed by atoms with Crippen LogP contribution in [0, 0.1) is 18.8 Å². The number of hydrogen-bond acceptors (Lipinski definition) is 5. The predicted octanol–water partition coefficient (Wildman–Crippen LogP) is 5.95. The Bertz CT molecular complexity index is 1700. The van der Waals surface area contributed by atoms with Gasteiger partial charge in [-0.2, -0.15) is 0 Å². The van der Waals surface area contributed by atoms with Crippen molar-refractivity contribution in [2.75, 3.05) is 16.8 Å². The molecule has 1 N–H and O–H groups in total. The SMILES string of the molecule is Cc1cc(NC(=O)COC(=O)c2cccc(N3C(=O)[C@@H]4C5c6ccccc6C(c6ccccc65)[C@@H]4C3=O)c2)ccc1Br. The van der Waals surface area contributed by atoms with Gasteiger partial charge in [-0.05, 0) is 71.1 Å². The molecule has 0 radical (unpaired) electrons. The molecule has 0 saturated carbocycles. The molecule has 2 bridgehead atoms. The van der Waals surface area contributed by atoms with Gasteiger partial charge in [0.15, 0.2) is 6.61 Å². The van der Waals surface area contributed by atoms with E-state index in [4.69, 9.17) is 4.74 Å². The number of aryl methyl sites for hydroxylation is 1. The topological polar surface area (TPSA) is 92.8 Å². The average Bonchev–Trinajstić information content (AvgIpc) is 3.27. The van der Waals surface area contributed by atoms with Crippen LogP contribution in [0.5, 0.6) is 0 Å². The van der Waals surface area contributed by atoms with E-state index in [0.717, 1.165) is 32.3 Å². The minimum atomic E-state index is -0.727. The van der Waals surface area contributed by atoms with Crippen molar-refractivity contribution in [3.05, 3.63) is 129 Å². The summed E-state index contributed by atoms with van der Waals surface area (Å²) in [6.07, 6.45) is 0.